The Balaban J connectivity index is 1.95. The number of ether oxygens (including phenoxy) is 1. The molecular formula is C18H29N3O. The van der Waals surface area contributed by atoms with Gasteiger partial charge < -0.3 is 15.8 Å². The van der Waals surface area contributed by atoms with Crippen LogP contribution in [-0.4, -0.2) is 18.6 Å². The van der Waals surface area contributed by atoms with Crippen molar-refractivity contribution in [2.75, 3.05) is 6.54 Å². The van der Waals surface area contributed by atoms with E-state index in [1.54, 1.807) is 0 Å². The summed E-state index contributed by atoms with van der Waals surface area (Å²) in [6.07, 6.45) is 5.17. The summed E-state index contributed by atoms with van der Waals surface area (Å²) in [5.41, 5.74) is 8.23. The van der Waals surface area contributed by atoms with Crippen molar-refractivity contribution in [2.24, 2.45) is 16.6 Å². The highest BCUT2D eigenvalue weighted by atomic mass is 16.5. The second kappa shape index (κ2) is 8.06. The quantitative estimate of drug-likeness (QED) is 0.599. The van der Waals surface area contributed by atoms with Gasteiger partial charge in [-0.1, -0.05) is 25.5 Å². The van der Waals surface area contributed by atoms with Crippen molar-refractivity contribution >= 4 is 5.96 Å². The smallest absolute Gasteiger partial charge is 0.188 e. The van der Waals surface area contributed by atoms with E-state index < -0.39 is 0 Å². The number of aliphatic imine (C=N–C) groups is 1. The number of nitrogens with one attached hydrogen (secondary N) is 1. The Morgan fingerprint density at radius 1 is 1.45 bits per heavy atom. The zero-order valence-electron chi connectivity index (χ0n) is 14.1. The third-order valence-electron chi connectivity index (χ3n) is 4.34. The van der Waals surface area contributed by atoms with Crippen molar-refractivity contribution in [1.29, 1.82) is 0 Å². The molecule has 0 aromatic heterocycles. The zero-order valence-corrected chi connectivity index (χ0v) is 14.1. The first-order valence-electron chi connectivity index (χ1n) is 8.38. The summed E-state index contributed by atoms with van der Waals surface area (Å²) in [4.78, 5) is 4.45. The molecule has 1 aromatic carbocycles. The van der Waals surface area contributed by atoms with E-state index in [1.807, 2.05) is 0 Å². The number of aryl methyl sites for hydroxylation is 1. The molecule has 0 saturated heterocycles. The molecule has 122 valence electrons. The average molecular weight is 303 g/mol. The number of rotatable bonds is 7. The maximum atomic E-state index is 6.00. The van der Waals surface area contributed by atoms with Crippen LogP contribution < -0.4 is 15.8 Å². The maximum Gasteiger partial charge on any atom is 0.188 e. The van der Waals surface area contributed by atoms with E-state index in [-0.39, 0.29) is 6.10 Å². The Labute approximate surface area is 134 Å². The van der Waals surface area contributed by atoms with Crippen LogP contribution in [0.2, 0.25) is 0 Å². The fourth-order valence-corrected chi connectivity index (χ4v) is 2.37. The minimum absolute atomic E-state index is 0.207. The largest absolute Gasteiger partial charge is 0.490 e. The van der Waals surface area contributed by atoms with Gasteiger partial charge in [-0.25, -0.2) is 4.99 Å². The summed E-state index contributed by atoms with van der Waals surface area (Å²) in [6.45, 7) is 7.78. The summed E-state index contributed by atoms with van der Waals surface area (Å²) >= 11 is 0. The number of guanidine groups is 1. The summed E-state index contributed by atoms with van der Waals surface area (Å²) in [5, 5.41) is 3.22. The molecular weight excluding hydrogens is 274 g/mol. The van der Waals surface area contributed by atoms with Gasteiger partial charge >= 0.3 is 0 Å². The molecule has 0 heterocycles. The fraction of sp³-hybridized carbons (Fsp3) is 0.611. The van der Waals surface area contributed by atoms with Gasteiger partial charge in [0.15, 0.2) is 5.96 Å². The van der Waals surface area contributed by atoms with Crippen molar-refractivity contribution in [3.8, 4) is 5.75 Å². The second-order valence-electron chi connectivity index (χ2n) is 6.33. The molecule has 0 radical (unpaired) electrons. The van der Waals surface area contributed by atoms with Crippen molar-refractivity contribution in [1.82, 2.24) is 5.32 Å². The van der Waals surface area contributed by atoms with Gasteiger partial charge in [0.25, 0.3) is 0 Å². The van der Waals surface area contributed by atoms with Crippen molar-refractivity contribution in [3.05, 3.63) is 29.3 Å². The molecule has 2 rings (SSSR count). The normalized spacial score (nSPS) is 17.0. The van der Waals surface area contributed by atoms with Crippen LogP contribution in [0.1, 0.15) is 50.7 Å². The van der Waals surface area contributed by atoms with Gasteiger partial charge in [-0.05, 0) is 50.7 Å². The first-order valence-corrected chi connectivity index (χ1v) is 8.38. The standard InChI is InChI=1S/C18H29N3O/c1-4-14(3)22-17-10-13(2)8-9-16(17)12-21-18(19)20-11-15-6-5-7-15/h8-10,14-15H,4-7,11-12H2,1-3H3,(H3,19,20,21). The molecule has 1 unspecified atom stereocenters. The minimum atomic E-state index is 0.207. The van der Waals surface area contributed by atoms with Crippen molar-refractivity contribution in [2.45, 2.75) is 59.1 Å². The molecule has 0 amide bonds. The van der Waals surface area contributed by atoms with Crippen molar-refractivity contribution < 1.29 is 4.74 Å². The topological polar surface area (TPSA) is 59.6 Å². The number of hydrogen-bond donors (Lipinski definition) is 2. The number of nitrogens with two attached hydrogens (primary N) is 1. The molecule has 0 spiro atoms. The summed E-state index contributed by atoms with van der Waals surface area (Å²) in [7, 11) is 0. The van der Waals surface area contributed by atoms with Gasteiger partial charge in [0.05, 0.1) is 12.6 Å². The third-order valence-corrected chi connectivity index (χ3v) is 4.34. The molecule has 1 fully saturated rings. The van der Waals surface area contributed by atoms with Crippen LogP contribution in [0, 0.1) is 12.8 Å². The molecule has 4 nitrogen and oxygen atoms in total. The van der Waals surface area contributed by atoms with Gasteiger partial charge in [0, 0.05) is 12.1 Å². The van der Waals surface area contributed by atoms with E-state index in [0.29, 0.717) is 12.5 Å². The first-order chi connectivity index (χ1) is 10.6. The Kier molecular flexibility index (Phi) is 6.10. The highest BCUT2D eigenvalue weighted by Gasteiger charge is 2.16. The maximum absolute atomic E-state index is 6.00. The summed E-state index contributed by atoms with van der Waals surface area (Å²) in [6, 6.07) is 6.25. The van der Waals surface area contributed by atoms with E-state index in [0.717, 1.165) is 30.2 Å². The minimum Gasteiger partial charge on any atom is -0.490 e. The molecule has 0 bridgehead atoms. The molecule has 1 aliphatic carbocycles. The number of nitrogens with zero attached hydrogens (tertiary/aromatic N) is 1. The second-order valence-corrected chi connectivity index (χ2v) is 6.33. The van der Waals surface area contributed by atoms with E-state index in [1.165, 1.54) is 24.8 Å². The Hall–Kier alpha value is -1.71. The predicted octanol–water partition coefficient (Wildman–Crippen LogP) is 3.38. The third kappa shape index (κ3) is 4.93. The van der Waals surface area contributed by atoms with Crippen LogP contribution in [0.25, 0.3) is 0 Å². The van der Waals surface area contributed by atoms with Crippen LogP contribution in [0.3, 0.4) is 0 Å². The van der Waals surface area contributed by atoms with E-state index in [9.17, 15) is 0 Å². The Bertz CT molecular complexity index is 509. The number of hydrogen-bond acceptors (Lipinski definition) is 2. The van der Waals surface area contributed by atoms with Crippen molar-refractivity contribution in [3.63, 3.8) is 0 Å². The van der Waals surface area contributed by atoms with Gasteiger partial charge in [0.1, 0.15) is 5.75 Å². The van der Waals surface area contributed by atoms with Crippen LogP contribution in [0.5, 0.6) is 5.75 Å². The highest BCUT2D eigenvalue weighted by molar-refractivity contribution is 5.77. The lowest BCUT2D eigenvalue weighted by Crippen LogP contribution is -2.37. The molecule has 3 N–H and O–H groups in total. The van der Waals surface area contributed by atoms with Gasteiger partial charge in [-0.2, -0.15) is 0 Å². The van der Waals surface area contributed by atoms with Crippen LogP contribution in [0.15, 0.2) is 23.2 Å². The van der Waals surface area contributed by atoms with E-state index in [2.05, 4.69) is 49.3 Å². The molecule has 22 heavy (non-hydrogen) atoms. The van der Waals surface area contributed by atoms with E-state index >= 15 is 0 Å². The van der Waals surface area contributed by atoms with Gasteiger partial charge in [-0.15, -0.1) is 0 Å². The van der Waals surface area contributed by atoms with Crippen LogP contribution in [0.4, 0.5) is 0 Å². The lowest BCUT2D eigenvalue weighted by molar-refractivity contribution is 0.215. The lowest BCUT2D eigenvalue weighted by Gasteiger charge is -2.25. The average Bonchev–Trinajstić information content (AvgIpc) is 2.44. The molecule has 1 atom stereocenters. The fourth-order valence-electron chi connectivity index (χ4n) is 2.37. The molecule has 0 aliphatic heterocycles. The molecule has 1 aromatic rings. The first kappa shape index (κ1) is 16.7. The van der Waals surface area contributed by atoms with Gasteiger partial charge in [0.2, 0.25) is 0 Å². The lowest BCUT2D eigenvalue weighted by atomic mass is 9.85. The molecule has 1 saturated carbocycles. The van der Waals surface area contributed by atoms with Crippen LogP contribution >= 0.6 is 0 Å². The van der Waals surface area contributed by atoms with Gasteiger partial charge in [-0.3, -0.25) is 0 Å². The van der Waals surface area contributed by atoms with Crippen LogP contribution in [-0.2, 0) is 6.54 Å². The predicted molar refractivity (Wildman–Crippen MR) is 92.2 cm³/mol. The zero-order chi connectivity index (χ0) is 15.9. The monoisotopic (exact) mass is 303 g/mol. The summed E-state index contributed by atoms with van der Waals surface area (Å²) < 4.78 is 6.00. The molecule has 4 heteroatoms. The van der Waals surface area contributed by atoms with E-state index in [4.69, 9.17) is 10.5 Å². The Morgan fingerprint density at radius 3 is 2.86 bits per heavy atom. The Morgan fingerprint density at radius 2 is 2.23 bits per heavy atom. The summed E-state index contributed by atoms with van der Waals surface area (Å²) in [5.74, 6) is 2.23. The SMILES string of the molecule is CCC(C)Oc1cc(C)ccc1CN=C(N)NCC1CCC1. The molecule has 1 aliphatic rings. The number of benzene rings is 1. The highest BCUT2D eigenvalue weighted by Crippen LogP contribution is 2.25.